The van der Waals surface area contributed by atoms with Crippen LogP contribution in [-0.4, -0.2) is 37.8 Å². The first-order valence-electron chi connectivity index (χ1n) is 9.32. The zero-order valence-corrected chi connectivity index (χ0v) is 15.2. The summed E-state index contributed by atoms with van der Waals surface area (Å²) in [6.07, 6.45) is 9.40. The van der Waals surface area contributed by atoms with Crippen LogP contribution in [0.1, 0.15) is 36.1 Å². The van der Waals surface area contributed by atoms with E-state index in [9.17, 15) is 0 Å². The average molecular weight is 349 g/mol. The van der Waals surface area contributed by atoms with Gasteiger partial charge in [-0.2, -0.15) is 0 Å². The van der Waals surface area contributed by atoms with Crippen molar-refractivity contribution in [1.82, 2.24) is 4.98 Å². The van der Waals surface area contributed by atoms with Crippen LogP contribution >= 0.6 is 11.3 Å². The van der Waals surface area contributed by atoms with Gasteiger partial charge in [-0.15, -0.1) is 11.3 Å². The predicted octanol–water partition coefficient (Wildman–Crippen LogP) is 0.740. The molecule has 4 rings (SSSR count). The second-order valence-corrected chi connectivity index (χ2v) is 8.12. The normalized spacial score (nSPS) is 19.3. The largest absolute Gasteiger partial charge is 0.370 e. The molecule has 1 aliphatic carbocycles. The van der Waals surface area contributed by atoms with Crippen molar-refractivity contribution < 1.29 is 14.2 Å². The number of rotatable bonds is 4. The highest BCUT2D eigenvalue weighted by Gasteiger charge is 2.23. The number of nitrogens with two attached hydrogens (primary N) is 1. The van der Waals surface area contributed by atoms with Crippen molar-refractivity contribution in [2.24, 2.45) is 0 Å². The molecule has 1 fully saturated rings. The highest BCUT2D eigenvalue weighted by Crippen LogP contribution is 2.36. The van der Waals surface area contributed by atoms with E-state index < -0.39 is 0 Å². The Morgan fingerprint density at radius 1 is 1.21 bits per heavy atom. The van der Waals surface area contributed by atoms with Crippen LogP contribution in [0, 0.1) is 0 Å². The summed E-state index contributed by atoms with van der Waals surface area (Å²) < 4.78 is 7.60. The molecule has 24 heavy (non-hydrogen) atoms. The minimum atomic E-state index is 0.902. The summed E-state index contributed by atoms with van der Waals surface area (Å²) in [5.74, 6) is 0.927. The molecule has 3 N–H and O–H groups in total. The van der Waals surface area contributed by atoms with E-state index in [1.165, 1.54) is 54.5 Å². The summed E-state index contributed by atoms with van der Waals surface area (Å²) in [6.45, 7) is 6.22. The maximum absolute atomic E-state index is 6.56. The highest BCUT2D eigenvalue weighted by atomic mass is 32.1. The molecular weight excluding hydrogens is 320 g/mol. The standard InChI is InChI=1S/C18H26N4OS/c19-17-16-14-5-2-1-3-6-15(14)24-18(16)20-13-22(17)8-4-7-21-9-11-23-12-10-21/h13,19H,1-12H2/p+2. The molecule has 0 atom stereocenters. The quantitative estimate of drug-likeness (QED) is 0.633. The van der Waals surface area contributed by atoms with E-state index in [4.69, 9.17) is 15.5 Å². The Hall–Kier alpha value is -1.24. The molecule has 1 saturated heterocycles. The van der Waals surface area contributed by atoms with Crippen LogP contribution in [0.15, 0.2) is 6.33 Å². The molecule has 2 aromatic rings. The van der Waals surface area contributed by atoms with Crippen molar-refractivity contribution in [2.75, 3.05) is 38.6 Å². The monoisotopic (exact) mass is 348 g/mol. The Morgan fingerprint density at radius 2 is 2.04 bits per heavy atom. The summed E-state index contributed by atoms with van der Waals surface area (Å²) >= 11 is 1.86. The number of nitrogens with one attached hydrogen (secondary N) is 1. The molecule has 5 nitrogen and oxygen atoms in total. The van der Waals surface area contributed by atoms with Crippen LogP contribution in [0.3, 0.4) is 0 Å². The van der Waals surface area contributed by atoms with Crippen LogP contribution in [0.2, 0.25) is 0 Å². The molecule has 0 bridgehead atoms. The highest BCUT2D eigenvalue weighted by molar-refractivity contribution is 7.18. The zero-order chi connectivity index (χ0) is 16.4. The molecule has 130 valence electrons. The van der Waals surface area contributed by atoms with Gasteiger partial charge in [0.05, 0.1) is 26.3 Å². The fourth-order valence-electron chi connectivity index (χ4n) is 4.00. The average Bonchev–Trinajstić information content (AvgIpc) is 2.80. The van der Waals surface area contributed by atoms with Crippen LogP contribution in [0.5, 0.6) is 0 Å². The molecule has 0 amide bonds. The molecule has 3 heterocycles. The Labute approximate surface area is 147 Å². The Balaban J connectivity index is 1.51. The third kappa shape index (κ3) is 3.27. The lowest BCUT2D eigenvalue weighted by Crippen LogP contribution is -3.14. The fourth-order valence-corrected chi connectivity index (χ4v) is 5.24. The van der Waals surface area contributed by atoms with Gasteiger partial charge in [-0.3, -0.25) is 0 Å². The topological polar surface area (TPSA) is 56.5 Å². The number of ether oxygens (including phenoxy) is 1. The fraction of sp³-hybridized carbons (Fsp3) is 0.667. The first kappa shape index (κ1) is 16.2. The SMILES string of the molecule is Nc1c2c3c(sc2nc[n+]1CCC[NH+]1CCOCC1)CCCCC3. The Morgan fingerprint density at radius 3 is 2.92 bits per heavy atom. The summed E-state index contributed by atoms with van der Waals surface area (Å²) in [7, 11) is 0. The molecule has 0 spiro atoms. The van der Waals surface area contributed by atoms with Crippen LogP contribution in [0.25, 0.3) is 10.2 Å². The number of nitrogens with zero attached hydrogens (tertiary/aromatic N) is 2. The summed E-state index contributed by atoms with van der Waals surface area (Å²) in [4.78, 5) is 9.03. The van der Waals surface area contributed by atoms with E-state index in [-0.39, 0.29) is 0 Å². The van der Waals surface area contributed by atoms with Gasteiger partial charge in [0.1, 0.15) is 18.5 Å². The predicted molar refractivity (Wildman–Crippen MR) is 96.5 cm³/mol. The lowest BCUT2D eigenvalue weighted by molar-refractivity contribution is -0.910. The number of quaternary nitrogens is 1. The number of hydrogen-bond acceptors (Lipinski definition) is 4. The van der Waals surface area contributed by atoms with Crippen molar-refractivity contribution in [1.29, 1.82) is 0 Å². The minimum Gasteiger partial charge on any atom is -0.370 e. The number of anilines is 1. The van der Waals surface area contributed by atoms with Crippen molar-refractivity contribution in [3.8, 4) is 0 Å². The number of fused-ring (bicyclic) bond motifs is 3. The third-order valence-corrected chi connectivity index (χ3v) is 6.61. The van der Waals surface area contributed by atoms with Crippen LogP contribution < -0.4 is 15.2 Å². The molecule has 2 aliphatic rings. The number of morpholine rings is 1. The molecule has 1 aliphatic heterocycles. The second-order valence-electron chi connectivity index (χ2n) is 7.03. The number of aromatic nitrogens is 2. The lowest BCUT2D eigenvalue weighted by atomic mass is 10.1. The molecule has 0 unspecified atom stereocenters. The molecule has 2 aromatic heterocycles. The van der Waals surface area contributed by atoms with Gasteiger partial charge in [-0.05, 0) is 31.2 Å². The van der Waals surface area contributed by atoms with Gasteiger partial charge >= 0.3 is 0 Å². The van der Waals surface area contributed by atoms with Gasteiger partial charge in [-0.1, -0.05) is 11.4 Å². The van der Waals surface area contributed by atoms with E-state index in [1.54, 1.807) is 4.90 Å². The third-order valence-electron chi connectivity index (χ3n) is 5.41. The van der Waals surface area contributed by atoms with E-state index >= 15 is 0 Å². The Kier molecular flexibility index (Phi) is 4.96. The molecule has 0 saturated carbocycles. The molecule has 0 aromatic carbocycles. The van der Waals surface area contributed by atoms with Crippen molar-refractivity contribution in [3.63, 3.8) is 0 Å². The Bertz CT molecular complexity index is 709. The smallest absolute Gasteiger partial charge is 0.231 e. The molecule has 0 radical (unpaired) electrons. The van der Waals surface area contributed by atoms with Gasteiger partial charge in [0.2, 0.25) is 17.0 Å². The maximum Gasteiger partial charge on any atom is 0.231 e. The van der Waals surface area contributed by atoms with E-state index in [1.807, 2.05) is 17.7 Å². The maximum atomic E-state index is 6.56. The first-order chi connectivity index (χ1) is 11.8. The lowest BCUT2D eigenvalue weighted by Gasteiger charge is -2.23. The first-order valence-corrected chi connectivity index (χ1v) is 10.1. The van der Waals surface area contributed by atoms with Gasteiger partial charge in [0.15, 0.2) is 0 Å². The summed E-state index contributed by atoms with van der Waals surface area (Å²) in [5, 5.41) is 1.25. The van der Waals surface area contributed by atoms with Gasteiger partial charge in [0.25, 0.3) is 0 Å². The zero-order valence-electron chi connectivity index (χ0n) is 14.4. The van der Waals surface area contributed by atoms with Crippen molar-refractivity contribution in [2.45, 2.75) is 45.1 Å². The number of nitrogen functional groups attached to an aromatic ring is 1. The summed E-state index contributed by atoms with van der Waals surface area (Å²) in [6, 6.07) is 0. The van der Waals surface area contributed by atoms with Crippen molar-refractivity contribution >= 4 is 27.4 Å². The number of thiophene rings is 1. The van der Waals surface area contributed by atoms with Crippen LogP contribution in [-0.2, 0) is 24.1 Å². The molecular formula is C18H28N4OS+2. The summed E-state index contributed by atoms with van der Waals surface area (Å²) in [5.41, 5.74) is 8.05. The van der Waals surface area contributed by atoms with Gasteiger partial charge in [-0.25, -0.2) is 4.57 Å². The van der Waals surface area contributed by atoms with Crippen LogP contribution in [0.4, 0.5) is 5.82 Å². The van der Waals surface area contributed by atoms with E-state index in [0.29, 0.717) is 0 Å². The van der Waals surface area contributed by atoms with Gasteiger partial charge < -0.3 is 15.4 Å². The van der Waals surface area contributed by atoms with E-state index in [0.717, 1.165) is 49.9 Å². The minimum absolute atomic E-state index is 0.902. The van der Waals surface area contributed by atoms with Crippen molar-refractivity contribution in [3.05, 3.63) is 16.8 Å². The van der Waals surface area contributed by atoms with E-state index in [2.05, 4.69) is 4.57 Å². The molecule has 6 heteroatoms. The number of hydrogen-bond donors (Lipinski definition) is 2. The number of aryl methyl sites for hydroxylation is 3. The van der Waals surface area contributed by atoms with Gasteiger partial charge in [0, 0.05) is 11.3 Å². The second kappa shape index (κ2) is 7.33.